The number of nitrogens with zero attached hydrogens (tertiary/aromatic N) is 3. The zero-order valence-corrected chi connectivity index (χ0v) is 11.6. The second-order valence-electron chi connectivity index (χ2n) is 5.68. The lowest BCUT2D eigenvalue weighted by Gasteiger charge is -2.42. The largest absolute Gasteiger partial charge is 0.353 e. The summed E-state index contributed by atoms with van der Waals surface area (Å²) in [5, 5.41) is 9.06. The maximum Gasteiger partial charge on any atom is 0.130 e. The van der Waals surface area contributed by atoms with Gasteiger partial charge in [0.25, 0.3) is 0 Å². The monoisotopic (exact) mass is 243 g/mol. The summed E-state index contributed by atoms with van der Waals surface area (Å²) in [6, 6.07) is 6.46. The zero-order valence-electron chi connectivity index (χ0n) is 11.6. The van der Waals surface area contributed by atoms with Gasteiger partial charge in [0.1, 0.15) is 5.82 Å². The van der Waals surface area contributed by atoms with Crippen molar-refractivity contribution in [2.24, 2.45) is 11.8 Å². The Morgan fingerprint density at radius 3 is 2.72 bits per heavy atom. The van der Waals surface area contributed by atoms with Gasteiger partial charge in [-0.15, -0.1) is 0 Å². The molecule has 3 nitrogen and oxygen atoms in total. The zero-order chi connectivity index (χ0) is 13.3. The maximum absolute atomic E-state index is 9.06. The molecule has 96 valence electrons. The quantitative estimate of drug-likeness (QED) is 0.760. The van der Waals surface area contributed by atoms with E-state index in [0.29, 0.717) is 23.4 Å². The van der Waals surface area contributed by atoms with Gasteiger partial charge in [0.15, 0.2) is 0 Å². The van der Waals surface area contributed by atoms with Gasteiger partial charge in [-0.05, 0) is 44.2 Å². The van der Waals surface area contributed by atoms with Gasteiger partial charge in [-0.25, -0.2) is 4.98 Å². The van der Waals surface area contributed by atoms with Crippen molar-refractivity contribution in [3.05, 3.63) is 23.4 Å². The van der Waals surface area contributed by atoms with E-state index in [1.165, 1.54) is 6.42 Å². The third-order valence-corrected chi connectivity index (χ3v) is 3.96. The SMILES string of the molecule is Cc1cc(C#N)cc(N2CC(C)CC(C)C2C)n1. The van der Waals surface area contributed by atoms with E-state index >= 15 is 0 Å². The summed E-state index contributed by atoms with van der Waals surface area (Å²) in [7, 11) is 0. The molecule has 0 aliphatic carbocycles. The molecule has 1 aromatic heterocycles. The van der Waals surface area contributed by atoms with Crippen molar-refractivity contribution in [1.29, 1.82) is 5.26 Å². The molecule has 0 amide bonds. The van der Waals surface area contributed by atoms with Crippen LogP contribution in [-0.2, 0) is 0 Å². The molecule has 0 N–H and O–H groups in total. The predicted molar refractivity (Wildman–Crippen MR) is 73.4 cm³/mol. The van der Waals surface area contributed by atoms with E-state index in [9.17, 15) is 0 Å². The summed E-state index contributed by atoms with van der Waals surface area (Å²) in [6.45, 7) is 9.83. The van der Waals surface area contributed by atoms with Gasteiger partial charge in [-0.1, -0.05) is 13.8 Å². The Labute approximate surface area is 109 Å². The lowest BCUT2D eigenvalue weighted by molar-refractivity contribution is 0.295. The first kappa shape index (κ1) is 12.9. The number of aromatic nitrogens is 1. The highest BCUT2D eigenvalue weighted by molar-refractivity contribution is 5.47. The summed E-state index contributed by atoms with van der Waals surface area (Å²) in [4.78, 5) is 6.95. The lowest BCUT2D eigenvalue weighted by Crippen LogP contribution is -2.46. The van der Waals surface area contributed by atoms with Crippen molar-refractivity contribution in [3.63, 3.8) is 0 Å². The van der Waals surface area contributed by atoms with Crippen LogP contribution in [0.5, 0.6) is 0 Å². The summed E-state index contributed by atoms with van der Waals surface area (Å²) in [5.41, 5.74) is 1.62. The minimum atomic E-state index is 0.488. The number of nitriles is 1. The minimum Gasteiger partial charge on any atom is -0.353 e. The number of aryl methyl sites for hydroxylation is 1. The smallest absolute Gasteiger partial charge is 0.130 e. The Balaban J connectivity index is 2.35. The van der Waals surface area contributed by atoms with Gasteiger partial charge in [0.2, 0.25) is 0 Å². The second kappa shape index (κ2) is 4.97. The van der Waals surface area contributed by atoms with Crippen LogP contribution in [0.4, 0.5) is 5.82 Å². The molecule has 1 fully saturated rings. The molecule has 0 aromatic carbocycles. The van der Waals surface area contributed by atoms with Crippen molar-refractivity contribution in [3.8, 4) is 6.07 Å². The summed E-state index contributed by atoms with van der Waals surface area (Å²) in [6.07, 6.45) is 1.27. The Morgan fingerprint density at radius 1 is 1.33 bits per heavy atom. The van der Waals surface area contributed by atoms with Gasteiger partial charge in [-0.3, -0.25) is 0 Å². The standard InChI is InChI=1S/C15H21N3/c1-10-5-11(2)13(4)18(9-10)15-7-14(8-16)6-12(3)17-15/h6-7,10-11,13H,5,9H2,1-4H3. The molecule has 0 radical (unpaired) electrons. The lowest BCUT2D eigenvalue weighted by atomic mass is 9.86. The highest BCUT2D eigenvalue weighted by atomic mass is 15.2. The number of piperidine rings is 1. The van der Waals surface area contributed by atoms with Crippen LogP contribution in [0.1, 0.15) is 38.4 Å². The molecule has 2 rings (SSSR count). The Kier molecular flexibility index (Phi) is 3.56. The van der Waals surface area contributed by atoms with Crippen molar-refractivity contribution in [2.75, 3.05) is 11.4 Å². The van der Waals surface area contributed by atoms with E-state index < -0.39 is 0 Å². The average Bonchev–Trinajstić information content (AvgIpc) is 2.32. The minimum absolute atomic E-state index is 0.488. The number of rotatable bonds is 1. The van der Waals surface area contributed by atoms with Crippen molar-refractivity contribution >= 4 is 5.82 Å². The van der Waals surface area contributed by atoms with Gasteiger partial charge < -0.3 is 4.90 Å². The molecule has 18 heavy (non-hydrogen) atoms. The van der Waals surface area contributed by atoms with E-state index in [4.69, 9.17) is 5.26 Å². The van der Waals surface area contributed by atoms with E-state index in [2.05, 4.69) is 36.7 Å². The van der Waals surface area contributed by atoms with Crippen LogP contribution in [0.2, 0.25) is 0 Å². The van der Waals surface area contributed by atoms with Crippen molar-refractivity contribution in [1.82, 2.24) is 4.98 Å². The van der Waals surface area contributed by atoms with E-state index in [1.54, 1.807) is 0 Å². The van der Waals surface area contributed by atoms with Crippen molar-refractivity contribution < 1.29 is 0 Å². The molecule has 2 heterocycles. The first-order chi connectivity index (χ1) is 8.51. The van der Waals surface area contributed by atoms with Gasteiger partial charge in [-0.2, -0.15) is 5.26 Å². The van der Waals surface area contributed by atoms with E-state index in [-0.39, 0.29) is 0 Å². The molecule has 3 atom stereocenters. The highest BCUT2D eigenvalue weighted by Gasteiger charge is 2.29. The van der Waals surface area contributed by atoms with E-state index in [0.717, 1.165) is 18.1 Å². The molecular formula is C15H21N3. The van der Waals surface area contributed by atoms with Crippen LogP contribution in [0.15, 0.2) is 12.1 Å². The van der Waals surface area contributed by atoms with Crippen LogP contribution >= 0.6 is 0 Å². The Hall–Kier alpha value is -1.56. The molecule has 1 aliphatic rings. The van der Waals surface area contributed by atoms with Crippen LogP contribution in [-0.4, -0.2) is 17.6 Å². The fraction of sp³-hybridized carbons (Fsp3) is 0.600. The topological polar surface area (TPSA) is 39.9 Å². The summed E-state index contributed by atoms with van der Waals surface area (Å²) >= 11 is 0. The second-order valence-corrected chi connectivity index (χ2v) is 5.68. The fourth-order valence-electron chi connectivity index (χ4n) is 2.88. The average molecular weight is 243 g/mol. The first-order valence-corrected chi connectivity index (χ1v) is 6.66. The van der Waals surface area contributed by atoms with Crippen LogP contribution in [0.25, 0.3) is 0 Å². The number of anilines is 1. The Morgan fingerprint density at radius 2 is 2.06 bits per heavy atom. The van der Waals surface area contributed by atoms with Crippen LogP contribution in [0.3, 0.4) is 0 Å². The Bertz CT molecular complexity index is 475. The molecule has 1 aromatic rings. The molecule has 1 saturated heterocycles. The molecule has 3 heteroatoms. The summed E-state index contributed by atoms with van der Waals surface area (Å²) < 4.78 is 0. The number of hydrogen-bond acceptors (Lipinski definition) is 3. The van der Waals surface area contributed by atoms with Gasteiger partial charge >= 0.3 is 0 Å². The molecule has 1 aliphatic heterocycles. The molecule has 0 bridgehead atoms. The third-order valence-electron chi connectivity index (χ3n) is 3.96. The van der Waals surface area contributed by atoms with Crippen molar-refractivity contribution in [2.45, 2.75) is 40.2 Å². The number of hydrogen-bond donors (Lipinski definition) is 0. The highest BCUT2D eigenvalue weighted by Crippen LogP contribution is 2.30. The van der Waals surface area contributed by atoms with Crippen LogP contribution in [0, 0.1) is 30.1 Å². The molecule has 0 spiro atoms. The summed E-state index contributed by atoms with van der Waals surface area (Å²) in [5.74, 6) is 2.31. The van der Waals surface area contributed by atoms with Gasteiger partial charge in [0, 0.05) is 18.3 Å². The first-order valence-electron chi connectivity index (χ1n) is 6.66. The number of pyridine rings is 1. The maximum atomic E-state index is 9.06. The molecule has 3 unspecified atom stereocenters. The predicted octanol–water partition coefficient (Wildman–Crippen LogP) is 3.13. The normalized spacial score (nSPS) is 27.9. The molecule has 0 saturated carbocycles. The third kappa shape index (κ3) is 2.48. The van der Waals surface area contributed by atoms with Crippen LogP contribution < -0.4 is 4.90 Å². The molecular weight excluding hydrogens is 222 g/mol. The fourth-order valence-corrected chi connectivity index (χ4v) is 2.88. The van der Waals surface area contributed by atoms with Gasteiger partial charge in [0.05, 0.1) is 11.6 Å². The van der Waals surface area contributed by atoms with E-state index in [1.807, 2.05) is 19.1 Å².